The maximum atomic E-state index is 3.66. The lowest BCUT2D eigenvalue weighted by molar-refractivity contribution is 0.664. The predicted octanol–water partition coefficient (Wildman–Crippen LogP) is 35.7. The van der Waals surface area contributed by atoms with Crippen molar-refractivity contribution in [3.05, 3.63) is 470 Å². The molecule has 0 saturated carbocycles. The summed E-state index contributed by atoms with van der Waals surface area (Å²) in [6, 6.07) is 135. The first-order valence-electron chi connectivity index (χ1n) is 46.6. The van der Waals surface area contributed by atoms with Gasteiger partial charge >= 0.3 is 0 Å². The number of aryl methyl sites for hydroxylation is 12. The Kier molecular flexibility index (Phi) is 31.1. The van der Waals surface area contributed by atoms with Gasteiger partial charge in [-0.3, -0.25) is 0 Å². The van der Waals surface area contributed by atoms with Gasteiger partial charge in [0.15, 0.2) is 0 Å². The highest BCUT2D eigenvalue weighted by Crippen LogP contribution is 2.44. The van der Waals surface area contributed by atoms with Gasteiger partial charge in [0.2, 0.25) is 0 Å². The molecule has 0 aliphatic rings. The van der Waals surface area contributed by atoms with Crippen LogP contribution in [-0.4, -0.2) is 0 Å². The molecule has 632 valence electrons. The number of hydrogen-bond donors (Lipinski definition) is 0. The molecule has 0 spiro atoms. The second kappa shape index (κ2) is 43.7. The van der Waals surface area contributed by atoms with Gasteiger partial charge < -0.3 is 0 Å². The van der Waals surface area contributed by atoms with Crippen LogP contribution in [0.2, 0.25) is 0 Å². The van der Waals surface area contributed by atoms with Crippen LogP contribution in [0.5, 0.6) is 0 Å². The molecule has 16 rings (SSSR count). The van der Waals surface area contributed by atoms with Crippen molar-refractivity contribution in [3.63, 3.8) is 0 Å². The van der Waals surface area contributed by atoms with Crippen LogP contribution in [0.1, 0.15) is 209 Å². The Morgan fingerprint density at radius 2 is 0.484 bits per heavy atom. The Labute approximate surface area is 756 Å². The zero-order valence-electron chi connectivity index (χ0n) is 76.9. The van der Waals surface area contributed by atoms with Gasteiger partial charge in [-0.2, -0.15) is 0 Å². The van der Waals surface area contributed by atoms with Gasteiger partial charge in [-0.25, -0.2) is 0 Å². The van der Waals surface area contributed by atoms with Gasteiger partial charge in [-0.15, -0.1) is 0 Å². The van der Waals surface area contributed by atoms with E-state index in [-0.39, 0.29) is 11.8 Å². The molecule has 0 amide bonds. The van der Waals surface area contributed by atoms with Crippen LogP contribution in [-0.2, 0) is 25.7 Å². The maximum Gasteiger partial charge on any atom is 0.0340 e. The van der Waals surface area contributed by atoms with Gasteiger partial charge in [0.05, 0.1) is 0 Å². The normalized spacial score (nSPS) is 11.6. The van der Waals surface area contributed by atoms with E-state index in [1.807, 2.05) is 6.08 Å². The lowest BCUT2D eigenvalue weighted by atomic mass is 9.80. The number of benzene rings is 16. The molecule has 2 unspecified atom stereocenters. The Balaban J connectivity index is 0.000000293. The molecule has 0 aliphatic carbocycles. The second-order valence-electron chi connectivity index (χ2n) is 35.4. The van der Waals surface area contributed by atoms with Gasteiger partial charge in [-0.05, 0) is 285 Å². The zero-order valence-corrected chi connectivity index (χ0v) is 76.9. The Bertz CT molecular complexity index is 5780. The molecule has 0 heterocycles. The summed E-state index contributed by atoms with van der Waals surface area (Å²) in [5.41, 5.74) is 48.2. The Morgan fingerprint density at radius 1 is 0.206 bits per heavy atom. The van der Waals surface area contributed by atoms with E-state index in [4.69, 9.17) is 0 Å². The molecular formula is C126H128. The van der Waals surface area contributed by atoms with Crippen molar-refractivity contribution in [2.45, 2.75) is 185 Å². The fraction of sp³-hybridized carbons (Fsp3) is 0.222. The zero-order chi connectivity index (χ0) is 87.8. The van der Waals surface area contributed by atoms with Crippen LogP contribution in [0.25, 0.3) is 106 Å². The van der Waals surface area contributed by atoms with Crippen LogP contribution >= 0.6 is 0 Å². The third-order valence-electron chi connectivity index (χ3n) is 25.4. The van der Waals surface area contributed by atoms with E-state index in [1.54, 1.807) is 0 Å². The summed E-state index contributed by atoms with van der Waals surface area (Å²) >= 11 is 0. The molecule has 2 atom stereocenters. The van der Waals surface area contributed by atoms with Gasteiger partial charge in [0.1, 0.15) is 0 Å². The van der Waals surface area contributed by atoms with Gasteiger partial charge in [0.25, 0.3) is 0 Å². The van der Waals surface area contributed by atoms with Crippen LogP contribution < -0.4 is 0 Å². The van der Waals surface area contributed by atoms with E-state index in [2.05, 4.69) is 448 Å². The molecular weight excluding hydrogens is 1510 g/mol. The third kappa shape index (κ3) is 23.2. The van der Waals surface area contributed by atoms with Crippen molar-refractivity contribution in [3.8, 4) is 100 Å². The predicted molar refractivity (Wildman–Crippen MR) is 548 cm³/mol. The topological polar surface area (TPSA) is 0 Å². The fourth-order valence-corrected chi connectivity index (χ4v) is 18.2. The van der Waals surface area contributed by atoms with Crippen molar-refractivity contribution >= 4 is 6.08 Å². The molecule has 0 N–H and O–H groups in total. The van der Waals surface area contributed by atoms with E-state index < -0.39 is 0 Å². The summed E-state index contributed by atoms with van der Waals surface area (Å²) in [5.74, 6) is 0.124. The molecule has 0 nitrogen and oxygen atoms in total. The number of unbranched alkanes of at least 4 members (excludes halogenated alkanes) is 6. The summed E-state index contributed by atoms with van der Waals surface area (Å²) < 4.78 is 0. The minimum absolute atomic E-state index is 0.0620. The SMILES string of the molecule is C=Cc1ccc(C)cc1.CCCCCCc1cc(-c2ccc(C(c3ccc(-c4ccc(C)cc4)cc3)c3ccc(-c4ccc(CCC)cc4)cc3)cc2C)c(CCCCCC)cc1-c1ccc(C(c2ccc(-c3ccc(C)cc3)cc2)c2ccc(-c3ccc(CCC)cc3)cc2)cc1C.Cc1cccc(-c2cc(-c3cccc(C)c3)cc(-c3cccc(C)c3)c2)c1. The summed E-state index contributed by atoms with van der Waals surface area (Å²) in [6.07, 6.45) is 18.3. The van der Waals surface area contributed by atoms with Crippen molar-refractivity contribution in [1.82, 2.24) is 0 Å². The van der Waals surface area contributed by atoms with Crippen LogP contribution in [0, 0.1) is 55.4 Å². The summed E-state index contributed by atoms with van der Waals surface area (Å²) in [7, 11) is 0. The average Bonchev–Trinajstić information content (AvgIpc) is 0.765. The molecule has 16 aromatic rings. The summed E-state index contributed by atoms with van der Waals surface area (Å²) in [6.45, 7) is 30.4. The third-order valence-corrected chi connectivity index (χ3v) is 25.4. The first kappa shape index (κ1) is 89.5. The molecule has 0 aromatic heterocycles. The van der Waals surface area contributed by atoms with E-state index in [9.17, 15) is 0 Å². The van der Waals surface area contributed by atoms with Gasteiger partial charge in [-0.1, -0.05) is 465 Å². The van der Waals surface area contributed by atoms with Crippen molar-refractivity contribution < 1.29 is 0 Å². The highest BCUT2D eigenvalue weighted by atomic mass is 14.3. The first-order valence-corrected chi connectivity index (χ1v) is 46.6. The fourth-order valence-electron chi connectivity index (χ4n) is 18.2. The van der Waals surface area contributed by atoms with E-state index >= 15 is 0 Å². The standard InChI is InChI=1S/C90H94.C27H24.C9H10/c1-9-13-15-17-21-81-61-88(86-58-56-84(60-66(86)8)90(78-49-41-74(42-50-78)70-33-25-64(6)26-34-70)80-53-45-76(46-54-80)72-37-29-68(20-12-4)30-38-72)82(22-18-16-14-10-2)62-87(81)85-57-55-83(59-65(85)7)89(77-47-39-73(40-48-77)69-31-23-63(5)24-32-69)79-51-43-75(44-52-79)71-35-27-67(19-11-3)28-36-71;1-19-7-4-10-22(13-19)25-16-26(23-11-5-8-20(2)14-23)18-27(17-25)24-12-6-9-21(3)15-24;1-3-9-6-4-8(2)5-7-9/h23-62,89-90H,9-22H2,1-8H3;4-18H,1-3H3;3-7H,1H2,2H3. The van der Waals surface area contributed by atoms with Crippen molar-refractivity contribution in [2.24, 2.45) is 0 Å². The number of hydrogen-bond acceptors (Lipinski definition) is 0. The lowest BCUT2D eigenvalue weighted by Crippen LogP contribution is -2.06. The lowest BCUT2D eigenvalue weighted by Gasteiger charge is -2.24. The minimum atomic E-state index is 0.0620. The maximum absolute atomic E-state index is 3.66. The van der Waals surface area contributed by atoms with Crippen molar-refractivity contribution in [2.75, 3.05) is 0 Å². The molecule has 0 bridgehead atoms. The minimum Gasteiger partial charge on any atom is -0.0985 e. The summed E-state index contributed by atoms with van der Waals surface area (Å²) in [5, 5.41) is 0. The first-order chi connectivity index (χ1) is 61.5. The van der Waals surface area contributed by atoms with Gasteiger partial charge in [0, 0.05) is 11.8 Å². The Morgan fingerprint density at radius 3 is 0.754 bits per heavy atom. The molecule has 0 radical (unpaired) electrons. The molecule has 16 aromatic carbocycles. The van der Waals surface area contributed by atoms with Crippen LogP contribution in [0.4, 0.5) is 0 Å². The number of rotatable bonds is 30. The van der Waals surface area contributed by atoms with Crippen molar-refractivity contribution in [1.29, 1.82) is 0 Å². The van der Waals surface area contributed by atoms with E-state index in [0.29, 0.717) is 0 Å². The molecule has 0 aliphatic heterocycles. The van der Waals surface area contributed by atoms with E-state index in [1.165, 1.54) is 257 Å². The second-order valence-corrected chi connectivity index (χ2v) is 35.4. The summed E-state index contributed by atoms with van der Waals surface area (Å²) in [4.78, 5) is 0. The highest BCUT2D eigenvalue weighted by Gasteiger charge is 2.24. The smallest absolute Gasteiger partial charge is 0.0340 e. The molecule has 0 saturated heterocycles. The monoisotopic (exact) mass is 1640 g/mol. The van der Waals surface area contributed by atoms with Crippen LogP contribution in [0.15, 0.2) is 364 Å². The molecule has 0 fully saturated rings. The average molecular weight is 1640 g/mol. The Hall–Kier alpha value is -12.7. The largest absolute Gasteiger partial charge is 0.0985 e. The molecule has 126 heavy (non-hydrogen) atoms. The van der Waals surface area contributed by atoms with E-state index in [0.717, 1.165) is 38.5 Å². The molecule has 0 heteroatoms. The quantitative estimate of drug-likeness (QED) is 0.0311. The van der Waals surface area contributed by atoms with Crippen LogP contribution in [0.3, 0.4) is 0 Å². The highest BCUT2D eigenvalue weighted by molar-refractivity contribution is 5.84.